The predicted octanol–water partition coefficient (Wildman–Crippen LogP) is 2.78. The van der Waals surface area contributed by atoms with Crippen LogP contribution < -0.4 is 10.1 Å². The van der Waals surface area contributed by atoms with Gasteiger partial charge in [0, 0.05) is 24.7 Å². The summed E-state index contributed by atoms with van der Waals surface area (Å²) in [5.41, 5.74) is 0.870. The molecule has 7 heteroatoms. The van der Waals surface area contributed by atoms with Gasteiger partial charge in [-0.25, -0.2) is 9.97 Å². The molecule has 7 nitrogen and oxygen atoms in total. The van der Waals surface area contributed by atoms with Gasteiger partial charge < -0.3 is 10.1 Å². The van der Waals surface area contributed by atoms with Crippen molar-refractivity contribution in [3.63, 3.8) is 0 Å². The number of anilines is 1. The summed E-state index contributed by atoms with van der Waals surface area (Å²) < 4.78 is 5.48. The number of nitro groups is 1. The smallest absolute Gasteiger partial charge is 0.269 e. The molecule has 0 bridgehead atoms. The van der Waals surface area contributed by atoms with Gasteiger partial charge in [-0.15, -0.1) is 0 Å². The molecule has 0 atom stereocenters. The number of nitro benzene ring substituents is 1. The van der Waals surface area contributed by atoms with E-state index in [9.17, 15) is 10.1 Å². The first kappa shape index (κ1) is 14.7. The summed E-state index contributed by atoms with van der Waals surface area (Å²) in [5, 5.41) is 13.8. The second-order valence-corrected chi connectivity index (χ2v) is 4.69. The minimum Gasteiger partial charge on any atom is -0.475 e. The third-order valence-corrected chi connectivity index (χ3v) is 2.59. The van der Waals surface area contributed by atoms with Gasteiger partial charge in [0.2, 0.25) is 5.88 Å². The molecular weight excluding hydrogens is 272 g/mol. The highest BCUT2D eigenvalue weighted by Crippen LogP contribution is 2.16. The number of non-ortho nitro benzene ring substituents is 1. The van der Waals surface area contributed by atoms with Crippen molar-refractivity contribution in [3.8, 4) is 5.88 Å². The number of hydrogen-bond donors (Lipinski definition) is 1. The van der Waals surface area contributed by atoms with Crippen LogP contribution >= 0.6 is 0 Å². The van der Waals surface area contributed by atoms with Crippen LogP contribution in [0.3, 0.4) is 0 Å². The van der Waals surface area contributed by atoms with Crippen molar-refractivity contribution in [2.75, 3.05) is 5.32 Å². The molecule has 0 amide bonds. The highest BCUT2D eigenvalue weighted by molar-refractivity contribution is 5.40. The largest absolute Gasteiger partial charge is 0.475 e. The molecule has 0 aliphatic heterocycles. The molecular formula is C14H16N4O3. The van der Waals surface area contributed by atoms with Crippen LogP contribution in [0.2, 0.25) is 0 Å². The minimum absolute atomic E-state index is 0.0320. The van der Waals surface area contributed by atoms with E-state index < -0.39 is 4.92 Å². The zero-order valence-electron chi connectivity index (χ0n) is 11.8. The predicted molar refractivity (Wildman–Crippen MR) is 78.2 cm³/mol. The van der Waals surface area contributed by atoms with Crippen molar-refractivity contribution in [2.45, 2.75) is 26.5 Å². The lowest BCUT2D eigenvalue weighted by molar-refractivity contribution is -0.384. The molecule has 0 radical (unpaired) electrons. The quantitative estimate of drug-likeness (QED) is 0.649. The molecule has 0 fully saturated rings. The van der Waals surface area contributed by atoms with Crippen LogP contribution in [-0.4, -0.2) is 21.0 Å². The number of nitrogens with one attached hydrogen (secondary N) is 1. The molecule has 2 aromatic rings. The van der Waals surface area contributed by atoms with E-state index in [1.807, 2.05) is 19.9 Å². The van der Waals surface area contributed by atoms with Crippen molar-refractivity contribution in [1.82, 2.24) is 9.97 Å². The lowest BCUT2D eigenvalue weighted by atomic mass is 10.2. The van der Waals surface area contributed by atoms with Gasteiger partial charge in [0.15, 0.2) is 0 Å². The Morgan fingerprint density at radius 2 is 2.14 bits per heavy atom. The maximum absolute atomic E-state index is 10.7. The number of hydrogen-bond acceptors (Lipinski definition) is 6. The Hall–Kier alpha value is -2.70. The summed E-state index contributed by atoms with van der Waals surface area (Å²) in [6, 6.07) is 8.15. The second kappa shape index (κ2) is 6.65. The molecule has 0 saturated carbocycles. The standard InChI is InChI=1S/C14H16N4O3/c1-10(2)21-14-7-13(16-9-17-14)15-8-11-4-3-5-12(6-11)18(19)20/h3-7,9-10H,8H2,1-2H3,(H,15,16,17). The Bertz CT molecular complexity index is 631. The van der Waals surface area contributed by atoms with E-state index in [0.717, 1.165) is 5.56 Å². The van der Waals surface area contributed by atoms with Gasteiger partial charge in [-0.2, -0.15) is 0 Å². The summed E-state index contributed by atoms with van der Waals surface area (Å²) in [7, 11) is 0. The Morgan fingerprint density at radius 3 is 2.86 bits per heavy atom. The number of benzene rings is 1. The first-order valence-electron chi connectivity index (χ1n) is 6.50. The fraction of sp³-hybridized carbons (Fsp3) is 0.286. The number of nitrogens with zero attached hydrogens (tertiary/aromatic N) is 3. The molecule has 0 unspecified atom stereocenters. The highest BCUT2D eigenvalue weighted by Gasteiger charge is 2.06. The number of aromatic nitrogens is 2. The van der Waals surface area contributed by atoms with Crippen molar-refractivity contribution < 1.29 is 9.66 Å². The Balaban J connectivity index is 2.02. The van der Waals surface area contributed by atoms with Crippen molar-refractivity contribution in [1.29, 1.82) is 0 Å². The molecule has 21 heavy (non-hydrogen) atoms. The molecule has 2 rings (SSSR count). The van der Waals surface area contributed by atoms with Gasteiger partial charge in [-0.3, -0.25) is 10.1 Å². The molecule has 110 valence electrons. The third-order valence-electron chi connectivity index (χ3n) is 2.59. The zero-order valence-corrected chi connectivity index (χ0v) is 11.8. The van der Waals surface area contributed by atoms with Crippen LogP contribution in [0.1, 0.15) is 19.4 Å². The van der Waals surface area contributed by atoms with Crippen molar-refractivity contribution >= 4 is 11.5 Å². The third kappa shape index (κ3) is 4.41. The van der Waals surface area contributed by atoms with Crippen LogP contribution in [0.15, 0.2) is 36.7 Å². The van der Waals surface area contributed by atoms with Crippen molar-refractivity contribution in [2.24, 2.45) is 0 Å². The van der Waals surface area contributed by atoms with E-state index in [1.165, 1.54) is 18.5 Å². The summed E-state index contributed by atoms with van der Waals surface area (Å²) in [6.45, 7) is 4.26. The van der Waals surface area contributed by atoms with Gasteiger partial charge in [-0.05, 0) is 19.4 Å². The molecule has 1 aromatic heterocycles. The van der Waals surface area contributed by atoms with Gasteiger partial charge in [-0.1, -0.05) is 12.1 Å². The van der Waals surface area contributed by atoms with E-state index in [2.05, 4.69) is 15.3 Å². The van der Waals surface area contributed by atoms with Crippen LogP contribution in [0.25, 0.3) is 0 Å². The molecule has 0 aliphatic rings. The minimum atomic E-state index is -0.414. The first-order valence-corrected chi connectivity index (χ1v) is 6.50. The Kier molecular flexibility index (Phi) is 4.65. The number of rotatable bonds is 6. The Morgan fingerprint density at radius 1 is 1.33 bits per heavy atom. The maximum Gasteiger partial charge on any atom is 0.269 e. The normalized spacial score (nSPS) is 10.4. The Labute approximate surface area is 122 Å². The average Bonchev–Trinajstić information content (AvgIpc) is 2.45. The molecule has 1 aromatic carbocycles. The maximum atomic E-state index is 10.7. The molecule has 1 heterocycles. The monoisotopic (exact) mass is 288 g/mol. The van der Waals surface area contributed by atoms with E-state index >= 15 is 0 Å². The average molecular weight is 288 g/mol. The van der Waals surface area contributed by atoms with E-state index in [1.54, 1.807) is 12.1 Å². The van der Waals surface area contributed by atoms with Gasteiger partial charge in [0.05, 0.1) is 11.0 Å². The van der Waals surface area contributed by atoms with Crippen LogP contribution in [0.5, 0.6) is 5.88 Å². The van der Waals surface area contributed by atoms with Gasteiger partial charge >= 0.3 is 0 Å². The van der Waals surface area contributed by atoms with Gasteiger partial charge in [0.25, 0.3) is 5.69 Å². The van der Waals surface area contributed by atoms with E-state index in [4.69, 9.17) is 4.74 Å². The van der Waals surface area contributed by atoms with Crippen LogP contribution in [0.4, 0.5) is 11.5 Å². The van der Waals surface area contributed by atoms with Crippen LogP contribution in [-0.2, 0) is 6.54 Å². The second-order valence-electron chi connectivity index (χ2n) is 4.69. The first-order chi connectivity index (χ1) is 10.0. The topological polar surface area (TPSA) is 90.2 Å². The molecule has 0 aliphatic carbocycles. The fourth-order valence-electron chi connectivity index (χ4n) is 1.71. The lowest BCUT2D eigenvalue weighted by Crippen LogP contribution is -2.08. The molecule has 0 saturated heterocycles. The summed E-state index contributed by atoms with van der Waals surface area (Å²) in [5.74, 6) is 1.09. The summed E-state index contributed by atoms with van der Waals surface area (Å²) >= 11 is 0. The van der Waals surface area contributed by atoms with Crippen LogP contribution in [0, 0.1) is 10.1 Å². The highest BCUT2D eigenvalue weighted by atomic mass is 16.6. The summed E-state index contributed by atoms with van der Waals surface area (Å²) in [6.07, 6.45) is 1.44. The molecule has 1 N–H and O–H groups in total. The molecule has 0 spiro atoms. The van der Waals surface area contributed by atoms with E-state index in [0.29, 0.717) is 18.2 Å². The van der Waals surface area contributed by atoms with Gasteiger partial charge in [0.1, 0.15) is 12.1 Å². The lowest BCUT2D eigenvalue weighted by Gasteiger charge is -2.10. The van der Waals surface area contributed by atoms with Crippen molar-refractivity contribution in [3.05, 3.63) is 52.3 Å². The summed E-state index contributed by atoms with van der Waals surface area (Å²) in [4.78, 5) is 18.4. The SMILES string of the molecule is CC(C)Oc1cc(NCc2cccc([N+](=O)[O-])c2)ncn1. The number of ether oxygens (including phenoxy) is 1. The zero-order chi connectivity index (χ0) is 15.2. The van der Waals surface area contributed by atoms with E-state index in [-0.39, 0.29) is 11.8 Å². The fourth-order valence-corrected chi connectivity index (χ4v) is 1.71.